The third-order valence-corrected chi connectivity index (χ3v) is 3.04. The van der Waals surface area contributed by atoms with E-state index in [2.05, 4.69) is 16.5 Å². The van der Waals surface area contributed by atoms with Gasteiger partial charge in [0.25, 0.3) is 0 Å². The van der Waals surface area contributed by atoms with Crippen molar-refractivity contribution in [2.75, 3.05) is 7.11 Å². The molecule has 0 bridgehead atoms. The number of methoxy groups -OCH3 is 1. The lowest BCUT2D eigenvalue weighted by Crippen LogP contribution is -2.30. The summed E-state index contributed by atoms with van der Waals surface area (Å²) in [6.07, 6.45) is 0.768. The Kier molecular flexibility index (Phi) is 4.49. The van der Waals surface area contributed by atoms with E-state index in [1.165, 1.54) is 0 Å². The molecule has 19 heavy (non-hydrogen) atoms. The number of nitrogens with one attached hydrogen (secondary N) is 1. The summed E-state index contributed by atoms with van der Waals surface area (Å²) in [4.78, 5) is 4.51. The Balaban J connectivity index is 2.18. The van der Waals surface area contributed by atoms with Crippen LogP contribution in [0, 0.1) is 6.92 Å². The fraction of sp³-hybridized carbons (Fsp3) is 0.267. The molecule has 0 aliphatic heterocycles. The maximum absolute atomic E-state index is 5.65. The third-order valence-electron chi connectivity index (χ3n) is 3.04. The average Bonchev–Trinajstić information content (AvgIpc) is 2.45. The highest BCUT2D eigenvalue weighted by Gasteiger charge is 2.12. The molecule has 0 aliphatic rings. The molecule has 0 saturated heterocycles. The molecular formula is C15H19N3O. The van der Waals surface area contributed by atoms with Crippen molar-refractivity contribution in [1.29, 1.82) is 0 Å². The third kappa shape index (κ3) is 3.53. The number of hydrazine groups is 1. The number of ether oxygens (including phenoxy) is 1. The Morgan fingerprint density at radius 3 is 2.74 bits per heavy atom. The molecule has 1 aromatic heterocycles. The zero-order chi connectivity index (χ0) is 13.7. The molecule has 1 atom stereocenters. The summed E-state index contributed by atoms with van der Waals surface area (Å²) in [7, 11) is 1.67. The number of nitrogens with zero attached hydrogens (tertiary/aromatic N) is 1. The maximum atomic E-state index is 5.65. The van der Waals surface area contributed by atoms with Crippen molar-refractivity contribution in [2.45, 2.75) is 19.4 Å². The number of benzene rings is 1. The van der Waals surface area contributed by atoms with E-state index in [-0.39, 0.29) is 6.04 Å². The van der Waals surface area contributed by atoms with Gasteiger partial charge in [0.05, 0.1) is 18.8 Å². The van der Waals surface area contributed by atoms with Crippen LogP contribution in [-0.4, -0.2) is 12.1 Å². The minimum Gasteiger partial charge on any atom is -0.497 e. The average molecular weight is 257 g/mol. The van der Waals surface area contributed by atoms with Crippen LogP contribution in [0.15, 0.2) is 42.5 Å². The summed E-state index contributed by atoms with van der Waals surface area (Å²) in [6.45, 7) is 1.97. The fourth-order valence-electron chi connectivity index (χ4n) is 2.04. The number of aromatic nitrogens is 1. The molecule has 3 N–H and O–H groups in total. The van der Waals surface area contributed by atoms with Crippen molar-refractivity contribution in [3.8, 4) is 5.75 Å². The molecule has 0 amide bonds. The zero-order valence-corrected chi connectivity index (χ0v) is 11.3. The summed E-state index contributed by atoms with van der Waals surface area (Å²) >= 11 is 0. The molecule has 0 saturated carbocycles. The molecule has 0 radical (unpaired) electrons. The van der Waals surface area contributed by atoms with Gasteiger partial charge < -0.3 is 4.74 Å². The van der Waals surface area contributed by atoms with Crippen molar-refractivity contribution in [3.05, 3.63) is 59.4 Å². The summed E-state index contributed by atoms with van der Waals surface area (Å²) in [6, 6.07) is 13.9. The lowest BCUT2D eigenvalue weighted by Gasteiger charge is -2.16. The highest BCUT2D eigenvalue weighted by Crippen LogP contribution is 2.19. The van der Waals surface area contributed by atoms with Crippen LogP contribution in [0.2, 0.25) is 0 Å². The number of hydrogen-bond donors (Lipinski definition) is 2. The van der Waals surface area contributed by atoms with Crippen molar-refractivity contribution in [2.24, 2.45) is 5.84 Å². The first-order valence-corrected chi connectivity index (χ1v) is 6.25. The molecule has 0 spiro atoms. The number of hydrogen-bond acceptors (Lipinski definition) is 4. The second-order valence-corrected chi connectivity index (χ2v) is 4.48. The minimum absolute atomic E-state index is 0.00740. The van der Waals surface area contributed by atoms with Gasteiger partial charge in [0.1, 0.15) is 5.75 Å². The van der Waals surface area contributed by atoms with Gasteiger partial charge in [0.15, 0.2) is 0 Å². The molecule has 0 fully saturated rings. The smallest absolute Gasteiger partial charge is 0.119 e. The molecule has 0 aliphatic carbocycles. The van der Waals surface area contributed by atoms with Crippen LogP contribution < -0.4 is 16.0 Å². The van der Waals surface area contributed by atoms with Gasteiger partial charge in [0.2, 0.25) is 0 Å². The Labute approximate surface area is 113 Å². The Morgan fingerprint density at radius 2 is 2.05 bits per heavy atom. The van der Waals surface area contributed by atoms with Gasteiger partial charge >= 0.3 is 0 Å². The van der Waals surface area contributed by atoms with Gasteiger partial charge in [-0.15, -0.1) is 0 Å². The topological polar surface area (TPSA) is 60.2 Å². The number of aryl methyl sites for hydroxylation is 1. The van der Waals surface area contributed by atoms with E-state index in [9.17, 15) is 0 Å². The maximum Gasteiger partial charge on any atom is 0.119 e. The predicted molar refractivity (Wildman–Crippen MR) is 75.7 cm³/mol. The lowest BCUT2D eigenvalue weighted by atomic mass is 10.0. The fourth-order valence-corrected chi connectivity index (χ4v) is 2.04. The Hall–Kier alpha value is -1.91. The number of rotatable bonds is 5. The summed E-state index contributed by atoms with van der Waals surface area (Å²) < 4.78 is 5.23. The van der Waals surface area contributed by atoms with Crippen molar-refractivity contribution in [1.82, 2.24) is 10.4 Å². The molecular weight excluding hydrogens is 238 g/mol. The summed E-state index contributed by atoms with van der Waals surface area (Å²) in [5.74, 6) is 6.50. The van der Waals surface area contributed by atoms with Crippen LogP contribution in [0.25, 0.3) is 0 Å². The Bertz CT molecular complexity index is 542. The van der Waals surface area contributed by atoms with E-state index in [0.717, 1.165) is 29.1 Å². The zero-order valence-electron chi connectivity index (χ0n) is 11.3. The van der Waals surface area contributed by atoms with Gasteiger partial charge in [-0.25, -0.2) is 0 Å². The van der Waals surface area contributed by atoms with Gasteiger partial charge in [-0.2, -0.15) is 0 Å². The molecule has 4 nitrogen and oxygen atoms in total. The summed E-state index contributed by atoms with van der Waals surface area (Å²) in [5, 5.41) is 0. The van der Waals surface area contributed by atoms with E-state index in [1.54, 1.807) is 7.11 Å². The summed E-state index contributed by atoms with van der Waals surface area (Å²) in [5.41, 5.74) is 5.92. The van der Waals surface area contributed by atoms with Crippen LogP contribution in [0.1, 0.15) is 23.0 Å². The number of nitrogens with two attached hydrogens (primary N) is 1. The van der Waals surface area contributed by atoms with E-state index < -0.39 is 0 Å². The quantitative estimate of drug-likeness (QED) is 0.636. The van der Waals surface area contributed by atoms with Crippen LogP contribution in [0.4, 0.5) is 0 Å². The van der Waals surface area contributed by atoms with E-state index in [0.29, 0.717) is 0 Å². The van der Waals surface area contributed by atoms with E-state index >= 15 is 0 Å². The highest BCUT2D eigenvalue weighted by atomic mass is 16.5. The molecule has 1 unspecified atom stereocenters. The van der Waals surface area contributed by atoms with Gasteiger partial charge in [-0.05, 0) is 43.2 Å². The van der Waals surface area contributed by atoms with Crippen LogP contribution >= 0.6 is 0 Å². The first kappa shape index (κ1) is 13.5. The lowest BCUT2D eigenvalue weighted by molar-refractivity contribution is 0.413. The molecule has 100 valence electrons. The van der Waals surface area contributed by atoms with Gasteiger partial charge in [-0.1, -0.05) is 18.2 Å². The molecule has 4 heteroatoms. The predicted octanol–water partition coefficient (Wildman–Crippen LogP) is 2.15. The van der Waals surface area contributed by atoms with Crippen molar-refractivity contribution in [3.63, 3.8) is 0 Å². The van der Waals surface area contributed by atoms with Crippen molar-refractivity contribution >= 4 is 0 Å². The normalized spacial score (nSPS) is 12.2. The standard InChI is InChI=1S/C15H19N3O/c1-11-5-3-8-14(17-11)15(18-16)10-12-6-4-7-13(9-12)19-2/h3-9,15,18H,10,16H2,1-2H3. The van der Waals surface area contributed by atoms with Crippen LogP contribution in [-0.2, 0) is 6.42 Å². The molecule has 1 heterocycles. The van der Waals surface area contributed by atoms with Crippen molar-refractivity contribution < 1.29 is 4.74 Å². The van der Waals surface area contributed by atoms with E-state index in [1.807, 2.05) is 43.3 Å². The first-order valence-electron chi connectivity index (χ1n) is 6.25. The van der Waals surface area contributed by atoms with Crippen LogP contribution in [0.5, 0.6) is 5.75 Å². The Morgan fingerprint density at radius 1 is 1.26 bits per heavy atom. The number of pyridine rings is 1. The monoisotopic (exact) mass is 257 g/mol. The minimum atomic E-state index is -0.00740. The van der Waals surface area contributed by atoms with Crippen LogP contribution in [0.3, 0.4) is 0 Å². The largest absolute Gasteiger partial charge is 0.497 e. The van der Waals surface area contributed by atoms with Gasteiger partial charge in [0, 0.05) is 5.69 Å². The van der Waals surface area contributed by atoms with Gasteiger partial charge in [-0.3, -0.25) is 16.3 Å². The second kappa shape index (κ2) is 6.31. The second-order valence-electron chi connectivity index (χ2n) is 4.48. The molecule has 1 aromatic carbocycles. The molecule has 2 aromatic rings. The first-order chi connectivity index (χ1) is 9.22. The highest BCUT2D eigenvalue weighted by molar-refractivity contribution is 5.29. The van der Waals surface area contributed by atoms with E-state index in [4.69, 9.17) is 10.6 Å². The SMILES string of the molecule is COc1cccc(CC(NN)c2cccc(C)n2)c1. The molecule has 2 rings (SSSR count).